The highest BCUT2D eigenvalue weighted by Crippen LogP contribution is 2.42. The van der Waals surface area contributed by atoms with E-state index in [4.69, 9.17) is 0 Å². The van der Waals surface area contributed by atoms with E-state index >= 15 is 0 Å². The van der Waals surface area contributed by atoms with Crippen molar-refractivity contribution in [1.82, 2.24) is 0 Å². The monoisotopic (exact) mass is 275 g/mol. The highest BCUT2D eigenvalue weighted by atomic mass is 32.2. The van der Waals surface area contributed by atoms with Crippen molar-refractivity contribution in [2.24, 2.45) is 0 Å². The standard InChI is InChI=1S/C13H9NO2S2/c15-12-11(9-5-2-1-3-6-9)18-13(16)14(12)10-7-4-8-17-10/h1-8,11H. The number of rotatable bonds is 2. The smallest absolute Gasteiger partial charge is 0.272 e. The predicted molar refractivity (Wildman–Crippen MR) is 74.0 cm³/mol. The summed E-state index contributed by atoms with van der Waals surface area (Å²) in [6.45, 7) is 0. The lowest BCUT2D eigenvalue weighted by Crippen LogP contribution is -2.28. The van der Waals surface area contributed by atoms with Gasteiger partial charge < -0.3 is 0 Å². The van der Waals surface area contributed by atoms with Crippen LogP contribution in [0.15, 0.2) is 47.8 Å². The number of hydrogen-bond donors (Lipinski definition) is 0. The summed E-state index contributed by atoms with van der Waals surface area (Å²) in [6.07, 6.45) is 0. The molecule has 2 heterocycles. The second-order valence-electron chi connectivity index (χ2n) is 3.80. The summed E-state index contributed by atoms with van der Waals surface area (Å²) in [7, 11) is 0. The molecule has 1 aliphatic heterocycles. The van der Waals surface area contributed by atoms with E-state index in [9.17, 15) is 9.59 Å². The zero-order valence-electron chi connectivity index (χ0n) is 9.28. The van der Waals surface area contributed by atoms with Gasteiger partial charge in [0.05, 0.1) is 0 Å². The number of carbonyl (C=O) groups is 2. The molecule has 0 spiro atoms. The molecule has 3 nitrogen and oxygen atoms in total. The number of imide groups is 1. The van der Waals surface area contributed by atoms with Crippen LogP contribution >= 0.6 is 23.1 Å². The van der Waals surface area contributed by atoms with Gasteiger partial charge in [0, 0.05) is 0 Å². The molecule has 0 N–H and O–H groups in total. The van der Waals surface area contributed by atoms with Crippen molar-refractivity contribution in [2.75, 3.05) is 4.90 Å². The number of thioether (sulfide) groups is 1. The van der Waals surface area contributed by atoms with Gasteiger partial charge in [0.2, 0.25) is 0 Å². The van der Waals surface area contributed by atoms with Crippen molar-refractivity contribution in [1.29, 1.82) is 0 Å². The van der Waals surface area contributed by atoms with E-state index in [2.05, 4.69) is 0 Å². The molecule has 18 heavy (non-hydrogen) atoms. The molecule has 1 atom stereocenters. The molecule has 90 valence electrons. The van der Waals surface area contributed by atoms with E-state index < -0.39 is 5.25 Å². The fraction of sp³-hybridized carbons (Fsp3) is 0.0769. The lowest BCUT2D eigenvalue weighted by molar-refractivity contribution is -0.117. The van der Waals surface area contributed by atoms with E-state index in [1.165, 1.54) is 16.2 Å². The van der Waals surface area contributed by atoms with Crippen LogP contribution < -0.4 is 4.90 Å². The number of hydrogen-bond acceptors (Lipinski definition) is 4. The van der Waals surface area contributed by atoms with Gasteiger partial charge in [-0.25, -0.2) is 4.90 Å². The maximum absolute atomic E-state index is 12.3. The fourth-order valence-electron chi connectivity index (χ4n) is 1.85. The predicted octanol–water partition coefficient (Wildman–Crippen LogP) is 3.69. The quantitative estimate of drug-likeness (QED) is 0.839. The SMILES string of the molecule is O=C1SC(c2ccccc2)C(=O)N1c1cccs1. The average molecular weight is 275 g/mol. The van der Waals surface area contributed by atoms with Crippen molar-refractivity contribution in [2.45, 2.75) is 5.25 Å². The summed E-state index contributed by atoms with van der Waals surface area (Å²) in [5.41, 5.74) is 0.875. The van der Waals surface area contributed by atoms with Crippen molar-refractivity contribution < 1.29 is 9.59 Å². The summed E-state index contributed by atoms with van der Waals surface area (Å²) in [5, 5.41) is 1.93. The topological polar surface area (TPSA) is 37.4 Å². The van der Waals surface area contributed by atoms with Crippen LogP contribution in [0.3, 0.4) is 0 Å². The van der Waals surface area contributed by atoms with Gasteiger partial charge in [-0.2, -0.15) is 0 Å². The summed E-state index contributed by atoms with van der Waals surface area (Å²) < 4.78 is 0. The number of amides is 2. The molecule has 0 bridgehead atoms. The minimum absolute atomic E-state index is 0.154. The Balaban J connectivity index is 1.94. The van der Waals surface area contributed by atoms with Gasteiger partial charge in [-0.1, -0.05) is 30.3 Å². The lowest BCUT2D eigenvalue weighted by Gasteiger charge is -2.11. The second kappa shape index (κ2) is 4.59. The van der Waals surface area contributed by atoms with Crippen molar-refractivity contribution in [3.8, 4) is 0 Å². The molecule has 1 saturated heterocycles. The van der Waals surface area contributed by atoms with Crippen molar-refractivity contribution in [3.63, 3.8) is 0 Å². The van der Waals surface area contributed by atoms with Gasteiger partial charge in [0.15, 0.2) is 0 Å². The van der Waals surface area contributed by atoms with Crippen LogP contribution in [0, 0.1) is 0 Å². The van der Waals surface area contributed by atoms with Gasteiger partial charge in [0.1, 0.15) is 10.3 Å². The Labute approximate surface area is 112 Å². The van der Waals surface area contributed by atoms with Gasteiger partial charge in [0.25, 0.3) is 11.1 Å². The molecule has 3 rings (SSSR count). The molecular weight excluding hydrogens is 266 g/mol. The van der Waals surface area contributed by atoms with E-state index in [1.807, 2.05) is 41.8 Å². The van der Waals surface area contributed by atoms with Gasteiger partial charge in [-0.05, 0) is 34.8 Å². The highest BCUT2D eigenvalue weighted by Gasteiger charge is 2.41. The number of carbonyl (C=O) groups excluding carboxylic acids is 2. The van der Waals surface area contributed by atoms with E-state index in [1.54, 1.807) is 6.07 Å². The number of anilines is 1. The second-order valence-corrected chi connectivity index (χ2v) is 5.78. The molecule has 1 unspecified atom stereocenters. The van der Waals surface area contributed by atoms with Crippen molar-refractivity contribution in [3.05, 3.63) is 53.4 Å². The number of benzene rings is 1. The molecule has 1 fully saturated rings. The van der Waals surface area contributed by atoms with Crippen LogP contribution in [0.5, 0.6) is 0 Å². The Hall–Kier alpha value is -1.59. The van der Waals surface area contributed by atoms with Crippen LogP contribution in [0.2, 0.25) is 0 Å². The van der Waals surface area contributed by atoms with E-state index in [0.717, 1.165) is 17.3 Å². The summed E-state index contributed by atoms with van der Waals surface area (Å²) in [5.74, 6) is -0.154. The Morgan fingerprint density at radius 1 is 1.00 bits per heavy atom. The third-order valence-electron chi connectivity index (χ3n) is 2.67. The van der Waals surface area contributed by atoms with Gasteiger partial charge in [-0.15, -0.1) is 11.3 Å². The first-order valence-electron chi connectivity index (χ1n) is 5.40. The van der Waals surface area contributed by atoms with Gasteiger partial charge >= 0.3 is 0 Å². The first kappa shape index (κ1) is 11.5. The van der Waals surface area contributed by atoms with Crippen LogP contribution in [-0.4, -0.2) is 11.1 Å². The summed E-state index contributed by atoms with van der Waals surface area (Å²) in [6, 6.07) is 13.0. The van der Waals surface area contributed by atoms with E-state index in [0.29, 0.717) is 5.00 Å². The van der Waals surface area contributed by atoms with Crippen LogP contribution in [0.1, 0.15) is 10.8 Å². The zero-order valence-corrected chi connectivity index (χ0v) is 10.9. The normalized spacial score (nSPS) is 19.6. The Morgan fingerprint density at radius 3 is 2.44 bits per heavy atom. The maximum Gasteiger partial charge on any atom is 0.294 e. The lowest BCUT2D eigenvalue weighted by atomic mass is 10.1. The fourth-order valence-corrected chi connectivity index (χ4v) is 3.63. The molecule has 0 aliphatic carbocycles. The molecule has 1 aromatic heterocycles. The van der Waals surface area contributed by atoms with Crippen molar-refractivity contribution >= 4 is 39.2 Å². The largest absolute Gasteiger partial charge is 0.294 e. The van der Waals surface area contributed by atoms with Crippen LogP contribution in [-0.2, 0) is 4.79 Å². The maximum atomic E-state index is 12.3. The molecule has 2 aromatic rings. The molecule has 0 radical (unpaired) electrons. The zero-order chi connectivity index (χ0) is 12.5. The molecule has 1 aromatic carbocycles. The molecule has 2 amide bonds. The van der Waals surface area contributed by atoms with Gasteiger partial charge in [-0.3, -0.25) is 9.59 Å². The summed E-state index contributed by atoms with van der Waals surface area (Å²) >= 11 is 2.47. The highest BCUT2D eigenvalue weighted by molar-refractivity contribution is 8.15. The summed E-state index contributed by atoms with van der Waals surface area (Å²) in [4.78, 5) is 25.5. The third-order valence-corrected chi connectivity index (χ3v) is 4.62. The molecule has 1 aliphatic rings. The Kier molecular flexibility index (Phi) is 2.93. The Bertz CT molecular complexity index is 580. The molecule has 0 saturated carbocycles. The number of thiophene rings is 1. The Morgan fingerprint density at radius 2 is 1.78 bits per heavy atom. The first-order valence-corrected chi connectivity index (χ1v) is 7.16. The minimum atomic E-state index is -0.416. The first-order chi connectivity index (χ1) is 8.77. The van der Waals surface area contributed by atoms with E-state index in [-0.39, 0.29) is 11.1 Å². The van der Waals surface area contributed by atoms with Crippen LogP contribution in [0.25, 0.3) is 0 Å². The number of nitrogens with zero attached hydrogens (tertiary/aromatic N) is 1. The minimum Gasteiger partial charge on any atom is -0.272 e. The molecule has 5 heteroatoms. The third kappa shape index (κ3) is 1.85. The van der Waals surface area contributed by atoms with Crippen LogP contribution in [0.4, 0.5) is 9.80 Å². The average Bonchev–Trinajstić information content (AvgIpc) is 2.99. The molecular formula is C13H9NO2S2.